The fourth-order valence-electron chi connectivity index (χ4n) is 2.69. The zero-order valence-electron chi connectivity index (χ0n) is 12.1. The molecule has 0 aromatic heterocycles. The van der Waals surface area contributed by atoms with E-state index >= 15 is 0 Å². The Labute approximate surface area is 135 Å². The summed E-state index contributed by atoms with van der Waals surface area (Å²) in [4.78, 5) is 0. The van der Waals surface area contributed by atoms with E-state index < -0.39 is 0 Å². The molecule has 0 radical (unpaired) electrons. The minimum absolute atomic E-state index is 0.298. The molecule has 3 unspecified atom stereocenters. The van der Waals surface area contributed by atoms with E-state index in [1.807, 2.05) is 29.6 Å². The maximum atomic E-state index is 10.6. The largest absolute Gasteiger partial charge is 0.387 e. The lowest BCUT2D eigenvalue weighted by atomic mass is 10.00. The van der Waals surface area contributed by atoms with E-state index in [2.05, 4.69) is 55.5 Å². The van der Waals surface area contributed by atoms with Crippen LogP contribution in [0.2, 0.25) is 0 Å². The highest BCUT2D eigenvalue weighted by Crippen LogP contribution is 2.38. The molecule has 2 aromatic carbocycles. The van der Waals surface area contributed by atoms with E-state index in [0.717, 1.165) is 11.3 Å². The Balaban J connectivity index is 1.77. The minimum atomic E-state index is -0.373. The Hall–Kier alpha value is -0.900. The molecule has 21 heavy (non-hydrogen) atoms. The van der Waals surface area contributed by atoms with Crippen LogP contribution in [0.1, 0.15) is 18.6 Å². The highest BCUT2D eigenvalue weighted by molar-refractivity contribution is 8.07. The van der Waals surface area contributed by atoms with Crippen molar-refractivity contribution in [2.45, 2.75) is 23.5 Å². The van der Waals surface area contributed by atoms with E-state index in [9.17, 15) is 5.11 Å². The molecule has 110 valence electrons. The van der Waals surface area contributed by atoms with Crippen LogP contribution < -0.4 is 0 Å². The molecule has 1 fully saturated rings. The van der Waals surface area contributed by atoms with Gasteiger partial charge in [-0.3, -0.25) is 0 Å². The molecule has 3 rings (SSSR count). The first-order valence-electron chi connectivity index (χ1n) is 7.32. The maximum absolute atomic E-state index is 10.6. The Kier molecular flexibility index (Phi) is 4.94. The SMILES string of the molecule is CC1SCCSC1C(O)c1ccc(-c2ccccc2)cc1. The molecule has 1 N–H and O–H groups in total. The van der Waals surface area contributed by atoms with Crippen molar-refractivity contribution in [3.8, 4) is 11.1 Å². The van der Waals surface area contributed by atoms with Crippen LogP contribution in [0.4, 0.5) is 0 Å². The van der Waals surface area contributed by atoms with Crippen LogP contribution >= 0.6 is 23.5 Å². The van der Waals surface area contributed by atoms with Crippen molar-refractivity contribution in [1.29, 1.82) is 0 Å². The number of benzene rings is 2. The molecular weight excluding hydrogens is 296 g/mol. The predicted octanol–water partition coefficient (Wildman–Crippen LogP) is 4.62. The summed E-state index contributed by atoms with van der Waals surface area (Å²) in [5.74, 6) is 2.33. The van der Waals surface area contributed by atoms with Crippen LogP contribution in [0.3, 0.4) is 0 Å². The lowest BCUT2D eigenvalue weighted by Gasteiger charge is -2.31. The monoisotopic (exact) mass is 316 g/mol. The summed E-state index contributed by atoms with van der Waals surface area (Å²) < 4.78 is 0. The fraction of sp³-hybridized carbons (Fsp3) is 0.333. The van der Waals surface area contributed by atoms with Gasteiger partial charge < -0.3 is 5.11 Å². The van der Waals surface area contributed by atoms with Crippen molar-refractivity contribution in [1.82, 2.24) is 0 Å². The Morgan fingerprint density at radius 3 is 2.19 bits per heavy atom. The molecule has 0 spiro atoms. The summed E-state index contributed by atoms with van der Waals surface area (Å²) in [6.07, 6.45) is -0.373. The van der Waals surface area contributed by atoms with Gasteiger partial charge in [-0.15, -0.1) is 0 Å². The second kappa shape index (κ2) is 6.91. The van der Waals surface area contributed by atoms with Crippen molar-refractivity contribution in [2.75, 3.05) is 11.5 Å². The molecule has 2 aromatic rings. The standard InChI is InChI=1S/C18H20OS2/c1-13-18(21-12-11-20-13)17(19)16-9-7-15(8-10-16)14-5-3-2-4-6-14/h2-10,13,17-19H,11-12H2,1H3. The number of aliphatic hydroxyl groups excluding tert-OH is 1. The molecule has 1 aliphatic rings. The van der Waals surface area contributed by atoms with Gasteiger partial charge in [0, 0.05) is 22.0 Å². The highest BCUT2D eigenvalue weighted by atomic mass is 32.2. The molecule has 0 aliphatic carbocycles. The molecule has 1 saturated heterocycles. The minimum Gasteiger partial charge on any atom is -0.387 e. The lowest BCUT2D eigenvalue weighted by molar-refractivity contribution is 0.174. The summed E-state index contributed by atoms with van der Waals surface area (Å²) in [5.41, 5.74) is 3.45. The first kappa shape index (κ1) is 15.0. The van der Waals surface area contributed by atoms with Gasteiger partial charge in [0.15, 0.2) is 0 Å². The molecule has 0 saturated carbocycles. The number of rotatable bonds is 3. The van der Waals surface area contributed by atoms with Gasteiger partial charge in [0.05, 0.1) is 6.10 Å². The van der Waals surface area contributed by atoms with Crippen LogP contribution in [-0.4, -0.2) is 27.1 Å². The summed E-state index contributed by atoms with van der Waals surface area (Å²) >= 11 is 3.87. The van der Waals surface area contributed by atoms with Crippen LogP contribution in [0.15, 0.2) is 54.6 Å². The summed E-state index contributed by atoms with van der Waals surface area (Å²) in [5, 5.41) is 11.4. The van der Waals surface area contributed by atoms with Gasteiger partial charge in [-0.2, -0.15) is 23.5 Å². The Morgan fingerprint density at radius 2 is 1.52 bits per heavy atom. The molecule has 0 amide bonds. The summed E-state index contributed by atoms with van der Waals surface area (Å²) in [6, 6.07) is 18.7. The first-order chi connectivity index (χ1) is 10.3. The van der Waals surface area contributed by atoms with Crippen LogP contribution in [0.25, 0.3) is 11.1 Å². The third-order valence-electron chi connectivity index (χ3n) is 3.91. The van der Waals surface area contributed by atoms with Crippen LogP contribution in [0.5, 0.6) is 0 Å². The predicted molar refractivity (Wildman–Crippen MR) is 95.0 cm³/mol. The summed E-state index contributed by atoms with van der Waals surface area (Å²) in [6.45, 7) is 2.23. The molecular formula is C18H20OS2. The average Bonchev–Trinajstić information content (AvgIpc) is 2.56. The third-order valence-corrected chi connectivity index (χ3v) is 7.09. The summed E-state index contributed by atoms with van der Waals surface area (Å²) in [7, 11) is 0. The van der Waals surface area contributed by atoms with E-state index in [1.54, 1.807) is 0 Å². The van der Waals surface area contributed by atoms with E-state index in [1.165, 1.54) is 16.9 Å². The first-order valence-corrected chi connectivity index (χ1v) is 9.42. The van der Waals surface area contributed by atoms with Gasteiger partial charge in [-0.05, 0) is 16.7 Å². The number of hydrogen-bond acceptors (Lipinski definition) is 3. The van der Waals surface area contributed by atoms with E-state index in [0.29, 0.717) is 10.5 Å². The topological polar surface area (TPSA) is 20.2 Å². The second-order valence-corrected chi connectivity index (χ2v) is 8.12. The molecule has 1 aliphatic heterocycles. The van der Waals surface area contributed by atoms with Crippen LogP contribution in [-0.2, 0) is 0 Å². The fourth-order valence-corrected chi connectivity index (χ4v) is 5.52. The normalized spacial score (nSPS) is 23.7. The van der Waals surface area contributed by atoms with Gasteiger partial charge in [-0.1, -0.05) is 61.5 Å². The quantitative estimate of drug-likeness (QED) is 0.892. The molecule has 3 heteroatoms. The Bertz CT molecular complexity index is 568. The zero-order valence-corrected chi connectivity index (χ0v) is 13.7. The average molecular weight is 316 g/mol. The lowest BCUT2D eigenvalue weighted by Crippen LogP contribution is -2.29. The van der Waals surface area contributed by atoms with Crippen molar-refractivity contribution in [3.05, 3.63) is 60.2 Å². The number of aliphatic hydroxyl groups is 1. The van der Waals surface area contributed by atoms with Gasteiger partial charge in [0.2, 0.25) is 0 Å². The third kappa shape index (κ3) is 3.47. The van der Waals surface area contributed by atoms with Gasteiger partial charge in [-0.25, -0.2) is 0 Å². The van der Waals surface area contributed by atoms with E-state index in [4.69, 9.17) is 0 Å². The number of thioether (sulfide) groups is 2. The van der Waals surface area contributed by atoms with Gasteiger partial charge in [0.25, 0.3) is 0 Å². The van der Waals surface area contributed by atoms with E-state index in [-0.39, 0.29) is 6.10 Å². The zero-order chi connectivity index (χ0) is 14.7. The molecule has 1 heterocycles. The smallest absolute Gasteiger partial charge is 0.0919 e. The molecule has 3 atom stereocenters. The Morgan fingerprint density at radius 1 is 0.905 bits per heavy atom. The van der Waals surface area contributed by atoms with Gasteiger partial charge in [0.1, 0.15) is 0 Å². The molecule has 0 bridgehead atoms. The van der Waals surface area contributed by atoms with Crippen molar-refractivity contribution in [2.24, 2.45) is 0 Å². The highest BCUT2D eigenvalue weighted by Gasteiger charge is 2.29. The van der Waals surface area contributed by atoms with Crippen LogP contribution in [0, 0.1) is 0 Å². The van der Waals surface area contributed by atoms with Gasteiger partial charge >= 0.3 is 0 Å². The molecule has 1 nitrogen and oxygen atoms in total. The second-order valence-electron chi connectivity index (χ2n) is 5.34. The van der Waals surface area contributed by atoms with Crippen molar-refractivity contribution in [3.63, 3.8) is 0 Å². The van der Waals surface area contributed by atoms with Crippen molar-refractivity contribution < 1.29 is 5.11 Å². The maximum Gasteiger partial charge on any atom is 0.0919 e. The number of hydrogen-bond donors (Lipinski definition) is 1. The van der Waals surface area contributed by atoms with Crippen molar-refractivity contribution >= 4 is 23.5 Å².